The maximum absolute atomic E-state index is 11.8. The molecule has 0 radical (unpaired) electrons. The molecule has 0 heterocycles. The maximum atomic E-state index is 11.8. The van der Waals surface area contributed by atoms with Gasteiger partial charge in [-0.15, -0.1) is 0 Å². The Bertz CT molecular complexity index is 424. The first kappa shape index (κ1) is 15.4. The average molecular weight is 263 g/mol. The first-order valence-electron chi connectivity index (χ1n) is 6.43. The Labute approximate surface area is 113 Å². The summed E-state index contributed by atoms with van der Waals surface area (Å²) in [5.74, 6) is -0.140. The highest BCUT2D eigenvalue weighted by atomic mass is 16.3. The molecule has 19 heavy (non-hydrogen) atoms. The fourth-order valence-corrected chi connectivity index (χ4v) is 1.66. The van der Waals surface area contributed by atoms with Gasteiger partial charge in [-0.05, 0) is 30.4 Å². The fraction of sp³-hybridized carbons (Fsp3) is 0.467. The molecule has 104 valence electrons. The van der Waals surface area contributed by atoms with E-state index in [4.69, 9.17) is 5.11 Å². The van der Waals surface area contributed by atoms with Gasteiger partial charge in [0.1, 0.15) is 6.29 Å². The number of aldehydes is 1. The molecule has 4 nitrogen and oxygen atoms in total. The van der Waals surface area contributed by atoms with Crippen LogP contribution < -0.4 is 5.32 Å². The summed E-state index contributed by atoms with van der Waals surface area (Å²) < 4.78 is 0. The molecule has 0 unspecified atom stereocenters. The first-order valence-corrected chi connectivity index (χ1v) is 6.43. The zero-order chi connectivity index (χ0) is 14.3. The van der Waals surface area contributed by atoms with Gasteiger partial charge in [0.2, 0.25) is 0 Å². The smallest absolute Gasteiger partial charge is 0.251 e. The third-order valence-corrected chi connectivity index (χ3v) is 3.05. The Balaban J connectivity index is 2.37. The molecule has 0 aliphatic heterocycles. The third kappa shape index (κ3) is 5.22. The van der Waals surface area contributed by atoms with Gasteiger partial charge in [0.05, 0.1) is 0 Å². The van der Waals surface area contributed by atoms with E-state index in [1.165, 1.54) is 0 Å². The molecule has 0 spiro atoms. The number of amides is 1. The molecular formula is C15H21NO3. The van der Waals surface area contributed by atoms with Gasteiger partial charge in [0.25, 0.3) is 5.91 Å². The maximum Gasteiger partial charge on any atom is 0.251 e. The lowest BCUT2D eigenvalue weighted by Crippen LogP contribution is -2.26. The third-order valence-electron chi connectivity index (χ3n) is 3.05. The van der Waals surface area contributed by atoms with Crippen LogP contribution in [0.15, 0.2) is 24.3 Å². The number of aliphatic hydroxyl groups is 1. The van der Waals surface area contributed by atoms with Gasteiger partial charge in [0, 0.05) is 24.3 Å². The molecule has 0 aliphatic rings. The molecule has 4 heteroatoms. The Morgan fingerprint density at radius 2 is 1.95 bits per heavy atom. The number of nitrogens with one attached hydrogen (secondary N) is 1. The van der Waals surface area contributed by atoms with Crippen molar-refractivity contribution in [3.63, 3.8) is 0 Å². The summed E-state index contributed by atoms with van der Waals surface area (Å²) in [5.41, 5.74) is 1.00. The van der Waals surface area contributed by atoms with E-state index < -0.39 is 0 Å². The topological polar surface area (TPSA) is 66.4 Å². The highest BCUT2D eigenvalue weighted by Gasteiger charge is 2.15. The van der Waals surface area contributed by atoms with Crippen molar-refractivity contribution in [1.82, 2.24) is 5.32 Å². The number of benzene rings is 1. The molecule has 0 saturated heterocycles. The van der Waals surface area contributed by atoms with Crippen molar-refractivity contribution < 1.29 is 14.7 Å². The summed E-state index contributed by atoms with van der Waals surface area (Å²) in [6, 6.07) is 6.51. The molecule has 0 fully saturated rings. The Morgan fingerprint density at radius 3 is 2.47 bits per heavy atom. The van der Waals surface area contributed by atoms with Crippen molar-refractivity contribution in [1.29, 1.82) is 0 Å². The van der Waals surface area contributed by atoms with Crippen molar-refractivity contribution in [2.45, 2.75) is 26.7 Å². The zero-order valence-corrected chi connectivity index (χ0v) is 11.5. The van der Waals surface area contributed by atoms with Crippen molar-refractivity contribution in [2.75, 3.05) is 13.2 Å². The van der Waals surface area contributed by atoms with Crippen LogP contribution in [0.3, 0.4) is 0 Å². The summed E-state index contributed by atoms with van der Waals surface area (Å²) in [4.78, 5) is 22.3. The molecule has 0 saturated carbocycles. The minimum absolute atomic E-state index is 0.101. The lowest BCUT2D eigenvalue weighted by molar-refractivity contribution is 0.0948. The van der Waals surface area contributed by atoms with Gasteiger partial charge < -0.3 is 10.4 Å². The number of hydrogen-bond donors (Lipinski definition) is 2. The number of carbonyl (C=O) groups is 2. The molecule has 0 atom stereocenters. The second kappa shape index (κ2) is 7.04. The molecular weight excluding hydrogens is 242 g/mol. The summed E-state index contributed by atoms with van der Waals surface area (Å²) in [6.07, 6.45) is 2.43. The van der Waals surface area contributed by atoms with Crippen LogP contribution in [-0.4, -0.2) is 30.5 Å². The summed E-state index contributed by atoms with van der Waals surface area (Å²) >= 11 is 0. The molecule has 0 bridgehead atoms. The predicted octanol–water partition coefficient (Wildman–Crippen LogP) is 2.03. The molecule has 0 aromatic heterocycles. The van der Waals surface area contributed by atoms with E-state index in [0.29, 0.717) is 17.7 Å². The van der Waals surface area contributed by atoms with E-state index in [2.05, 4.69) is 5.32 Å². The van der Waals surface area contributed by atoms with Crippen molar-refractivity contribution >= 4 is 12.2 Å². The van der Waals surface area contributed by atoms with Gasteiger partial charge in [-0.25, -0.2) is 0 Å². The molecule has 1 aromatic rings. The standard InChI is InChI=1S/C15H21NO3/c1-15(2,11-18)8-3-9-16-14(19)13-6-4-12(10-17)5-7-13/h4-7,10,18H,3,8-9,11H2,1-2H3,(H,16,19). The molecule has 1 rings (SSSR count). The van der Waals surface area contributed by atoms with E-state index in [9.17, 15) is 9.59 Å². The first-order chi connectivity index (χ1) is 8.98. The minimum Gasteiger partial charge on any atom is -0.396 e. The van der Waals surface area contributed by atoms with E-state index in [0.717, 1.165) is 19.1 Å². The quantitative estimate of drug-likeness (QED) is 0.584. The van der Waals surface area contributed by atoms with Gasteiger partial charge in [-0.1, -0.05) is 26.0 Å². The lowest BCUT2D eigenvalue weighted by atomic mass is 9.89. The number of hydrogen-bond acceptors (Lipinski definition) is 3. The Morgan fingerprint density at radius 1 is 1.32 bits per heavy atom. The highest BCUT2D eigenvalue weighted by Crippen LogP contribution is 2.20. The zero-order valence-electron chi connectivity index (χ0n) is 11.5. The van der Waals surface area contributed by atoms with Gasteiger partial charge in [-0.2, -0.15) is 0 Å². The van der Waals surface area contributed by atoms with Crippen molar-refractivity contribution in [3.05, 3.63) is 35.4 Å². The summed E-state index contributed by atoms with van der Waals surface area (Å²) in [7, 11) is 0. The van der Waals surface area contributed by atoms with Crippen LogP contribution in [0.25, 0.3) is 0 Å². The monoisotopic (exact) mass is 263 g/mol. The predicted molar refractivity (Wildman–Crippen MR) is 74.3 cm³/mol. The second-order valence-corrected chi connectivity index (χ2v) is 5.42. The largest absolute Gasteiger partial charge is 0.396 e. The SMILES string of the molecule is CC(C)(CO)CCCNC(=O)c1ccc(C=O)cc1. The van der Waals surface area contributed by atoms with Crippen LogP contribution in [0, 0.1) is 5.41 Å². The second-order valence-electron chi connectivity index (χ2n) is 5.42. The normalized spacial score (nSPS) is 11.1. The summed E-state index contributed by atoms with van der Waals surface area (Å²) in [5, 5.41) is 11.9. The van der Waals surface area contributed by atoms with Crippen LogP contribution in [0.1, 0.15) is 47.4 Å². The van der Waals surface area contributed by atoms with Gasteiger partial charge >= 0.3 is 0 Å². The molecule has 1 amide bonds. The summed E-state index contributed by atoms with van der Waals surface area (Å²) in [6.45, 7) is 4.71. The van der Waals surface area contributed by atoms with E-state index in [1.807, 2.05) is 13.8 Å². The number of rotatable bonds is 7. The van der Waals surface area contributed by atoms with E-state index >= 15 is 0 Å². The van der Waals surface area contributed by atoms with Crippen molar-refractivity contribution in [3.8, 4) is 0 Å². The van der Waals surface area contributed by atoms with Gasteiger partial charge in [-0.3, -0.25) is 9.59 Å². The average Bonchev–Trinajstić information content (AvgIpc) is 2.43. The van der Waals surface area contributed by atoms with Crippen LogP contribution in [0.5, 0.6) is 0 Å². The van der Waals surface area contributed by atoms with E-state index in [1.54, 1.807) is 24.3 Å². The molecule has 1 aromatic carbocycles. The highest BCUT2D eigenvalue weighted by molar-refractivity contribution is 5.94. The van der Waals surface area contributed by atoms with Crippen LogP contribution in [0.4, 0.5) is 0 Å². The van der Waals surface area contributed by atoms with Crippen LogP contribution in [-0.2, 0) is 0 Å². The van der Waals surface area contributed by atoms with E-state index in [-0.39, 0.29) is 17.9 Å². The minimum atomic E-state index is -0.140. The van der Waals surface area contributed by atoms with Crippen LogP contribution in [0.2, 0.25) is 0 Å². The van der Waals surface area contributed by atoms with Crippen LogP contribution >= 0.6 is 0 Å². The van der Waals surface area contributed by atoms with Gasteiger partial charge in [0.15, 0.2) is 0 Å². The molecule has 0 aliphatic carbocycles. The Kier molecular flexibility index (Phi) is 5.70. The fourth-order valence-electron chi connectivity index (χ4n) is 1.66. The Hall–Kier alpha value is -1.68. The van der Waals surface area contributed by atoms with Crippen molar-refractivity contribution in [2.24, 2.45) is 5.41 Å². The lowest BCUT2D eigenvalue weighted by Gasteiger charge is -2.21. The molecule has 2 N–H and O–H groups in total. The number of carbonyl (C=O) groups excluding carboxylic acids is 2. The number of aliphatic hydroxyl groups excluding tert-OH is 1.